The maximum absolute atomic E-state index is 10.6. The summed E-state index contributed by atoms with van der Waals surface area (Å²) < 4.78 is 10.0. The molecule has 0 bridgehead atoms. The molecule has 2 N–H and O–H groups in total. The van der Waals surface area contributed by atoms with E-state index in [9.17, 15) is 4.79 Å². The van der Waals surface area contributed by atoms with Crippen molar-refractivity contribution in [3.05, 3.63) is 42.0 Å². The van der Waals surface area contributed by atoms with Gasteiger partial charge in [0.15, 0.2) is 0 Å². The Balaban J connectivity index is 2.23. The van der Waals surface area contributed by atoms with Gasteiger partial charge < -0.3 is 15.2 Å². The third-order valence-electron chi connectivity index (χ3n) is 3.12. The van der Waals surface area contributed by atoms with Gasteiger partial charge in [-0.25, -0.2) is 4.79 Å². The van der Waals surface area contributed by atoms with Gasteiger partial charge in [0.2, 0.25) is 0 Å². The Morgan fingerprint density at radius 3 is 2.58 bits per heavy atom. The average Bonchev–Trinajstić information content (AvgIpc) is 2.43. The van der Waals surface area contributed by atoms with Gasteiger partial charge in [-0.15, -0.1) is 0 Å². The van der Waals surface area contributed by atoms with E-state index < -0.39 is 6.09 Å². The Labute approximate surface area is 112 Å². The smallest absolute Gasteiger partial charge is 0.404 e. The number of hydrogen-bond acceptors (Lipinski definition) is 3. The monoisotopic (exact) mass is 259 g/mol. The van der Waals surface area contributed by atoms with Gasteiger partial charge in [0.25, 0.3) is 0 Å². The van der Waals surface area contributed by atoms with Crippen molar-refractivity contribution in [3.8, 4) is 5.75 Å². The second-order valence-corrected chi connectivity index (χ2v) is 4.50. The van der Waals surface area contributed by atoms with Crippen molar-refractivity contribution in [2.45, 2.75) is 12.8 Å². The van der Waals surface area contributed by atoms with Crippen molar-refractivity contribution in [1.29, 1.82) is 0 Å². The summed E-state index contributed by atoms with van der Waals surface area (Å²) in [6.45, 7) is 2.28. The van der Waals surface area contributed by atoms with E-state index in [-0.39, 0.29) is 12.5 Å². The molecule has 0 fully saturated rings. The van der Waals surface area contributed by atoms with E-state index in [1.807, 2.05) is 37.3 Å². The van der Waals surface area contributed by atoms with Crippen molar-refractivity contribution in [3.63, 3.8) is 0 Å². The van der Waals surface area contributed by atoms with Crippen molar-refractivity contribution < 1.29 is 14.3 Å². The lowest BCUT2D eigenvalue weighted by atomic mass is 9.98. The fourth-order valence-electron chi connectivity index (χ4n) is 1.98. The number of nitrogens with two attached hydrogens (primary N) is 1. The fraction of sp³-hybridized carbons (Fsp3) is 0.267. The Kier molecular flexibility index (Phi) is 3.90. The first-order valence-corrected chi connectivity index (χ1v) is 6.10. The molecule has 0 spiro atoms. The van der Waals surface area contributed by atoms with Crippen molar-refractivity contribution in [1.82, 2.24) is 0 Å². The third-order valence-corrected chi connectivity index (χ3v) is 3.12. The fourth-order valence-corrected chi connectivity index (χ4v) is 1.98. The molecule has 0 radical (unpaired) electrons. The molecule has 0 aromatic heterocycles. The van der Waals surface area contributed by atoms with Crippen LogP contribution < -0.4 is 10.5 Å². The number of benzene rings is 2. The molecule has 1 amide bonds. The van der Waals surface area contributed by atoms with Crippen LogP contribution in [0.2, 0.25) is 0 Å². The van der Waals surface area contributed by atoms with Crippen LogP contribution in [-0.4, -0.2) is 19.8 Å². The minimum Gasteiger partial charge on any atom is -0.497 e. The number of carbonyl (C=O) groups is 1. The van der Waals surface area contributed by atoms with Crippen molar-refractivity contribution in [2.75, 3.05) is 13.7 Å². The summed E-state index contributed by atoms with van der Waals surface area (Å²) in [5, 5.41) is 2.25. The molecule has 0 aliphatic heterocycles. The van der Waals surface area contributed by atoms with E-state index in [2.05, 4.69) is 6.07 Å². The highest BCUT2D eigenvalue weighted by molar-refractivity contribution is 5.84. The number of carbonyl (C=O) groups excluding carboxylic acids is 1. The van der Waals surface area contributed by atoms with Gasteiger partial charge in [0.1, 0.15) is 5.75 Å². The highest BCUT2D eigenvalue weighted by Gasteiger charge is 2.08. The number of fused-ring (bicyclic) bond motifs is 1. The maximum atomic E-state index is 10.6. The van der Waals surface area contributed by atoms with Gasteiger partial charge in [0.05, 0.1) is 13.7 Å². The molecule has 0 heterocycles. The first-order valence-electron chi connectivity index (χ1n) is 6.10. The van der Waals surface area contributed by atoms with Gasteiger partial charge in [-0.05, 0) is 28.5 Å². The summed E-state index contributed by atoms with van der Waals surface area (Å²) in [5.74, 6) is 0.948. The molecule has 19 heavy (non-hydrogen) atoms. The van der Waals surface area contributed by atoms with Crippen LogP contribution in [0.15, 0.2) is 36.4 Å². The van der Waals surface area contributed by atoms with Crippen LogP contribution in [-0.2, 0) is 4.74 Å². The lowest BCUT2D eigenvalue weighted by molar-refractivity contribution is 0.151. The Morgan fingerprint density at radius 2 is 1.89 bits per heavy atom. The van der Waals surface area contributed by atoms with Crippen molar-refractivity contribution >= 4 is 16.9 Å². The zero-order valence-corrected chi connectivity index (χ0v) is 11.1. The first kappa shape index (κ1) is 13.2. The lowest BCUT2D eigenvalue weighted by Gasteiger charge is -2.12. The van der Waals surface area contributed by atoms with E-state index in [4.69, 9.17) is 15.2 Å². The molecule has 2 aromatic carbocycles. The summed E-state index contributed by atoms with van der Waals surface area (Å²) in [7, 11) is 1.65. The highest BCUT2D eigenvalue weighted by Crippen LogP contribution is 2.25. The van der Waals surface area contributed by atoms with E-state index >= 15 is 0 Å². The van der Waals surface area contributed by atoms with Gasteiger partial charge in [-0.2, -0.15) is 0 Å². The van der Waals surface area contributed by atoms with Gasteiger partial charge in [-0.1, -0.05) is 31.2 Å². The molecule has 2 aromatic rings. The molecular formula is C15H17NO3. The second kappa shape index (κ2) is 5.61. The number of amides is 1. The highest BCUT2D eigenvalue weighted by atomic mass is 16.5. The molecule has 0 saturated heterocycles. The largest absolute Gasteiger partial charge is 0.497 e. The quantitative estimate of drug-likeness (QED) is 0.917. The summed E-state index contributed by atoms with van der Waals surface area (Å²) in [4.78, 5) is 10.6. The van der Waals surface area contributed by atoms with Gasteiger partial charge in [0, 0.05) is 5.92 Å². The van der Waals surface area contributed by atoms with Gasteiger partial charge >= 0.3 is 6.09 Å². The molecule has 2 rings (SSSR count). The minimum atomic E-state index is -0.739. The lowest BCUT2D eigenvalue weighted by Crippen LogP contribution is -2.16. The van der Waals surface area contributed by atoms with Crippen LogP contribution in [0.1, 0.15) is 18.4 Å². The van der Waals surface area contributed by atoms with Crippen LogP contribution >= 0.6 is 0 Å². The minimum absolute atomic E-state index is 0.110. The van der Waals surface area contributed by atoms with E-state index in [1.54, 1.807) is 7.11 Å². The topological polar surface area (TPSA) is 61.6 Å². The zero-order chi connectivity index (χ0) is 13.8. The van der Waals surface area contributed by atoms with Crippen LogP contribution in [0.5, 0.6) is 5.75 Å². The predicted octanol–water partition coefficient (Wildman–Crippen LogP) is 3.05. The maximum Gasteiger partial charge on any atom is 0.404 e. The molecule has 4 heteroatoms. The normalized spacial score (nSPS) is 12.1. The van der Waals surface area contributed by atoms with E-state index in [0.717, 1.165) is 22.1 Å². The van der Waals surface area contributed by atoms with E-state index in [1.165, 1.54) is 0 Å². The van der Waals surface area contributed by atoms with Gasteiger partial charge in [-0.3, -0.25) is 0 Å². The van der Waals surface area contributed by atoms with Crippen LogP contribution in [0, 0.1) is 0 Å². The Bertz CT molecular complexity index is 595. The molecule has 0 aliphatic carbocycles. The second-order valence-electron chi connectivity index (χ2n) is 4.50. The summed E-state index contributed by atoms with van der Waals surface area (Å²) >= 11 is 0. The number of hydrogen-bond donors (Lipinski definition) is 1. The summed E-state index contributed by atoms with van der Waals surface area (Å²) in [6, 6.07) is 12.1. The van der Waals surface area contributed by atoms with Crippen LogP contribution in [0.4, 0.5) is 4.79 Å². The summed E-state index contributed by atoms with van der Waals surface area (Å²) in [5.41, 5.74) is 6.08. The number of ether oxygens (including phenoxy) is 2. The van der Waals surface area contributed by atoms with Crippen molar-refractivity contribution in [2.24, 2.45) is 5.73 Å². The first-order chi connectivity index (χ1) is 9.10. The standard InChI is InChI=1S/C15H17NO3/c1-10(9-19-15(16)17)11-3-4-13-8-14(18-2)6-5-12(13)7-11/h3-8,10H,9H2,1-2H3,(H2,16,17)/t10-/m0/s1. The Morgan fingerprint density at radius 1 is 1.21 bits per heavy atom. The average molecular weight is 259 g/mol. The SMILES string of the molecule is COc1ccc2cc([C@@H](C)COC(N)=O)ccc2c1. The predicted molar refractivity (Wildman–Crippen MR) is 74.5 cm³/mol. The molecule has 0 saturated carbocycles. The number of primary amides is 1. The Hall–Kier alpha value is -2.23. The number of rotatable bonds is 4. The van der Waals surface area contributed by atoms with E-state index in [0.29, 0.717) is 0 Å². The van der Waals surface area contributed by atoms with Crippen LogP contribution in [0.25, 0.3) is 10.8 Å². The molecule has 1 atom stereocenters. The summed E-state index contributed by atoms with van der Waals surface area (Å²) in [6.07, 6.45) is -0.739. The molecule has 100 valence electrons. The molecule has 0 unspecified atom stereocenters. The van der Waals surface area contributed by atoms with Crippen LogP contribution in [0.3, 0.4) is 0 Å². The molecular weight excluding hydrogens is 242 g/mol. The number of methoxy groups -OCH3 is 1. The third kappa shape index (κ3) is 3.16. The molecule has 4 nitrogen and oxygen atoms in total. The molecule has 0 aliphatic rings. The zero-order valence-electron chi connectivity index (χ0n) is 11.1.